The summed E-state index contributed by atoms with van der Waals surface area (Å²) in [5, 5.41) is 17.4. The number of nitriles is 1. The Balaban J connectivity index is 3.33. The Labute approximate surface area is 93.8 Å². The van der Waals surface area contributed by atoms with E-state index in [-0.39, 0.29) is 16.7 Å². The molecule has 1 N–H and O–H groups in total. The van der Waals surface area contributed by atoms with Gasteiger partial charge in [-0.2, -0.15) is 5.26 Å². The largest absolute Gasteiger partial charge is 0.573 e. The normalized spacial score (nSPS) is 10.8. The number of aryl methyl sites for hydroxylation is 1. The van der Waals surface area contributed by atoms with E-state index in [1.165, 1.54) is 13.0 Å². The predicted molar refractivity (Wildman–Crippen MR) is 49.5 cm³/mol. The third kappa shape index (κ3) is 3.11. The van der Waals surface area contributed by atoms with Crippen LogP contribution in [0.15, 0.2) is 12.1 Å². The van der Waals surface area contributed by atoms with Gasteiger partial charge < -0.3 is 9.84 Å². The highest BCUT2D eigenvalue weighted by Gasteiger charge is 2.32. The molecule has 0 atom stereocenters. The highest BCUT2D eigenvalue weighted by Crippen LogP contribution is 2.28. The lowest BCUT2D eigenvalue weighted by Gasteiger charge is -2.12. The topological polar surface area (TPSA) is 70.3 Å². The summed E-state index contributed by atoms with van der Waals surface area (Å²) in [4.78, 5) is 10.7. The van der Waals surface area contributed by atoms with Gasteiger partial charge in [-0.3, -0.25) is 0 Å². The molecule has 1 rings (SSSR count). The smallest absolute Gasteiger partial charge is 0.478 e. The van der Waals surface area contributed by atoms with Crippen molar-refractivity contribution in [3.63, 3.8) is 0 Å². The number of aromatic carboxylic acids is 1. The van der Waals surface area contributed by atoms with Gasteiger partial charge in [0.2, 0.25) is 0 Å². The number of carboxylic acids is 1. The van der Waals surface area contributed by atoms with E-state index >= 15 is 0 Å². The molecular weight excluding hydrogens is 239 g/mol. The highest BCUT2D eigenvalue weighted by atomic mass is 19.4. The Morgan fingerprint density at radius 1 is 1.47 bits per heavy atom. The molecule has 0 aromatic heterocycles. The molecule has 0 radical (unpaired) electrons. The number of carbonyl (C=O) groups is 1. The molecule has 0 saturated heterocycles. The molecule has 17 heavy (non-hydrogen) atoms. The zero-order valence-corrected chi connectivity index (χ0v) is 8.50. The molecule has 90 valence electrons. The van der Waals surface area contributed by atoms with Gasteiger partial charge in [0.25, 0.3) is 0 Å². The summed E-state index contributed by atoms with van der Waals surface area (Å²) >= 11 is 0. The van der Waals surface area contributed by atoms with Crippen LogP contribution in [0.1, 0.15) is 21.5 Å². The second-order valence-corrected chi connectivity index (χ2v) is 3.13. The Kier molecular flexibility index (Phi) is 3.27. The predicted octanol–water partition coefficient (Wildman–Crippen LogP) is 2.46. The van der Waals surface area contributed by atoms with Gasteiger partial charge in [0.1, 0.15) is 11.8 Å². The lowest BCUT2D eigenvalue weighted by Crippen LogP contribution is -2.18. The van der Waals surface area contributed by atoms with E-state index in [2.05, 4.69) is 4.74 Å². The van der Waals surface area contributed by atoms with E-state index in [4.69, 9.17) is 10.4 Å². The minimum atomic E-state index is -4.98. The molecule has 0 spiro atoms. The van der Waals surface area contributed by atoms with Gasteiger partial charge in [0.05, 0.1) is 11.1 Å². The molecular formula is C10H6F3NO3. The Hall–Kier alpha value is -2.23. The first-order chi connectivity index (χ1) is 7.74. The van der Waals surface area contributed by atoms with E-state index in [0.717, 1.165) is 6.07 Å². The van der Waals surface area contributed by atoms with Crippen molar-refractivity contribution in [2.45, 2.75) is 13.3 Å². The molecule has 0 unspecified atom stereocenters. The van der Waals surface area contributed by atoms with E-state index in [0.29, 0.717) is 6.07 Å². The molecule has 0 amide bonds. The van der Waals surface area contributed by atoms with Crippen LogP contribution in [0, 0.1) is 18.3 Å². The lowest BCUT2D eigenvalue weighted by molar-refractivity contribution is -0.274. The van der Waals surface area contributed by atoms with Crippen molar-refractivity contribution in [3.05, 3.63) is 28.8 Å². The number of ether oxygens (including phenoxy) is 1. The number of nitrogens with zero attached hydrogens (tertiary/aromatic N) is 1. The van der Waals surface area contributed by atoms with Crippen LogP contribution in [0.3, 0.4) is 0 Å². The quantitative estimate of drug-likeness (QED) is 0.868. The van der Waals surface area contributed by atoms with Crippen LogP contribution in [0.5, 0.6) is 5.75 Å². The third-order valence-electron chi connectivity index (χ3n) is 1.90. The Morgan fingerprint density at radius 3 is 2.47 bits per heavy atom. The van der Waals surface area contributed by atoms with E-state index < -0.39 is 18.1 Å². The van der Waals surface area contributed by atoms with Crippen molar-refractivity contribution in [1.82, 2.24) is 0 Å². The number of carboxylic acid groups (broad SMARTS) is 1. The maximum absolute atomic E-state index is 12.0. The van der Waals surface area contributed by atoms with Crippen molar-refractivity contribution in [2.75, 3.05) is 0 Å². The maximum Gasteiger partial charge on any atom is 0.573 e. The maximum atomic E-state index is 12.0. The number of benzene rings is 1. The summed E-state index contributed by atoms with van der Waals surface area (Å²) in [7, 11) is 0. The highest BCUT2D eigenvalue weighted by molar-refractivity contribution is 5.90. The summed E-state index contributed by atoms with van der Waals surface area (Å²) < 4.78 is 39.6. The van der Waals surface area contributed by atoms with Gasteiger partial charge in [-0.1, -0.05) is 0 Å². The molecule has 1 aromatic carbocycles. The zero-order valence-electron chi connectivity index (χ0n) is 8.50. The van der Waals surface area contributed by atoms with E-state index in [9.17, 15) is 18.0 Å². The molecule has 1 aromatic rings. The van der Waals surface area contributed by atoms with Gasteiger partial charge in [-0.05, 0) is 24.6 Å². The first-order valence-corrected chi connectivity index (χ1v) is 4.28. The van der Waals surface area contributed by atoms with Gasteiger partial charge in [0, 0.05) is 0 Å². The van der Waals surface area contributed by atoms with Crippen LogP contribution in [0.25, 0.3) is 0 Å². The first kappa shape index (κ1) is 12.8. The molecule has 0 fully saturated rings. The van der Waals surface area contributed by atoms with E-state index in [1.807, 2.05) is 0 Å². The van der Waals surface area contributed by atoms with Gasteiger partial charge in [-0.25, -0.2) is 4.79 Å². The first-order valence-electron chi connectivity index (χ1n) is 4.28. The lowest BCUT2D eigenvalue weighted by atomic mass is 10.0. The summed E-state index contributed by atoms with van der Waals surface area (Å²) in [5.74, 6) is -2.21. The zero-order chi connectivity index (χ0) is 13.2. The number of rotatable bonds is 2. The van der Waals surface area contributed by atoms with Gasteiger partial charge in [0.15, 0.2) is 0 Å². The molecule has 0 bridgehead atoms. The van der Waals surface area contributed by atoms with Crippen LogP contribution >= 0.6 is 0 Å². The second kappa shape index (κ2) is 4.33. The Bertz CT molecular complexity index is 503. The van der Waals surface area contributed by atoms with E-state index in [1.54, 1.807) is 0 Å². The fourth-order valence-electron chi connectivity index (χ4n) is 1.21. The number of alkyl halides is 3. The Morgan fingerprint density at radius 2 is 2.06 bits per heavy atom. The molecule has 4 nitrogen and oxygen atoms in total. The van der Waals surface area contributed by atoms with Crippen LogP contribution in [-0.2, 0) is 0 Å². The molecule has 0 heterocycles. The SMILES string of the molecule is Cc1cc(C#N)c(OC(F)(F)F)cc1C(=O)O. The van der Waals surface area contributed by atoms with Crippen molar-refractivity contribution in [1.29, 1.82) is 5.26 Å². The summed E-state index contributed by atoms with van der Waals surface area (Å²) in [5.41, 5.74) is -0.531. The van der Waals surface area contributed by atoms with Crippen molar-refractivity contribution in [2.24, 2.45) is 0 Å². The fraction of sp³-hybridized carbons (Fsp3) is 0.200. The molecule has 0 aliphatic heterocycles. The minimum absolute atomic E-state index is 0.184. The number of halogens is 3. The van der Waals surface area contributed by atoms with Crippen LogP contribution in [0.4, 0.5) is 13.2 Å². The summed E-state index contributed by atoms with van der Waals surface area (Å²) in [6, 6.07) is 3.22. The van der Waals surface area contributed by atoms with Crippen molar-refractivity contribution >= 4 is 5.97 Å². The van der Waals surface area contributed by atoms with Crippen molar-refractivity contribution < 1.29 is 27.8 Å². The molecule has 0 aliphatic rings. The summed E-state index contributed by atoms with van der Waals surface area (Å²) in [6.07, 6.45) is -4.98. The molecule has 0 saturated carbocycles. The third-order valence-corrected chi connectivity index (χ3v) is 1.90. The van der Waals surface area contributed by atoms with Crippen LogP contribution < -0.4 is 4.74 Å². The fourth-order valence-corrected chi connectivity index (χ4v) is 1.21. The minimum Gasteiger partial charge on any atom is -0.478 e. The monoisotopic (exact) mass is 245 g/mol. The average molecular weight is 245 g/mol. The number of hydrogen-bond acceptors (Lipinski definition) is 3. The van der Waals surface area contributed by atoms with Crippen LogP contribution in [-0.4, -0.2) is 17.4 Å². The second-order valence-electron chi connectivity index (χ2n) is 3.13. The number of hydrogen-bond donors (Lipinski definition) is 1. The van der Waals surface area contributed by atoms with Gasteiger partial charge >= 0.3 is 12.3 Å². The molecule has 7 heteroatoms. The standard InChI is InChI=1S/C10H6F3NO3/c1-5-2-6(4-14)8(17-10(11,12)13)3-7(5)9(15)16/h2-3H,1H3,(H,15,16). The average Bonchev–Trinajstić information content (AvgIpc) is 2.17. The van der Waals surface area contributed by atoms with Crippen molar-refractivity contribution in [3.8, 4) is 11.8 Å². The molecule has 0 aliphatic carbocycles. The van der Waals surface area contributed by atoms with Crippen LogP contribution in [0.2, 0.25) is 0 Å². The van der Waals surface area contributed by atoms with Gasteiger partial charge in [-0.15, -0.1) is 13.2 Å². The summed E-state index contributed by atoms with van der Waals surface area (Å²) in [6.45, 7) is 1.38.